The number of nitrogens with zero attached hydrogens (tertiary/aromatic N) is 2. The zero-order valence-corrected chi connectivity index (χ0v) is 19.3. The molecule has 4 aromatic rings. The Morgan fingerprint density at radius 2 is 1.74 bits per heavy atom. The van der Waals surface area contributed by atoms with Gasteiger partial charge in [-0.25, -0.2) is 4.98 Å². The first-order valence-electron chi connectivity index (χ1n) is 10.8. The lowest BCUT2D eigenvalue weighted by Gasteiger charge is -2.28. The van der Waals surface area contributed by atoms with Crippen LogP contribution in [0.3, 0.4) is 0 Å². The van der Waals surface area contributed by atoms with Gasteiger partial charge >= 0.3 is 0 Å². The molecule has 5 rings (SSSR count). The second-order valence-corrected chi connectivity index (χ2v) is 8.21. The molecule has 35 heavy (non-hydrogen) atoms. The van der Waals surface area contributed by atoms with E-state index in [1.165, 1.54) is 23.2 Å². The third-order valence-corrected chi connectivity index (χ3v) is 6.03. The fourth-order valence-electron chi connectivity index (χ4n) is 4.19. The maximum atomic E-state index is 13.4. The average Bonchev–Trinajstić information content (AvgIpc) is 3.20. The lowest BCUT2D eigenvalue weighted by molar-refractivity contribution is -0.113. The Hall–Kier alpha value is -4.57. The lowest BCUT2D eigenvalue weighted by atomic mass is 9.94. The summed E-state index contributed by atoms with van der Waals surface area (Å²) in [6, 6.07) is 13.5. The number of hydrogen-bond donors (Lipinski definition) is 4. The molecule has 0 unspecified atom stereocenters. The van der Waals surface area contributed by atoms with Crippen molar-refractivity contribution in [1.29, 1.82) is 0 Å². The van der Waals surface area contributed by atoms with Crippen molar-refractivity contribution in [2.45, 2.75) is 6.92 Å². The van der Waals surface area contributed by atoms with Crippen LogP contribution in [-0.4, -0.2) is 43.5 Å². The first-order chi connectivity index (χ1) is 16.9. The number of amides is 1. The van der Waals surface area contributed by atoms with Gasteiger partial charge in [0.2, 0.25) is 5.78 Å². The molecule has 2 aromatic heterocycles. The molecule has 0 spiro atoms. The van der Waals surface area contributed by atoms with Crippen molar-refractivity contribution >= 4 is 41.2 Å². The average molecular weight is 486 g/mol. The van der Waals surface area contributed by atoms with E-state index in [1.807, 2.05) is 6.92 Å². The van der Waals surface area contributed by atoms with Gasteiger partial charge in [-0.15, -0.1) is 0 Å². The molecule has 9 nitrogen and oxygen atoms in total. The highest BCUT2D eigenvalue weighted by Gasteiger charge is 2.35. The van der Waals surface area contributed by atoms with Crippen molar-refractivity contribution in [3.8, 4) is 17.0 Å². The standard InChI is InChI=1S/C25H19N5O4S/c1-2-30-17-9-5-3-7-14(17)22(32)19(24(30)34)21-16(23(33)29-28-21)11-13-12-26-25(35)27-20(13)15-8-4-6-10-18(15)31/h3-12,28,31H,2H2,1H3,(H,29,33)(H,26,27,35)/b16-11-,21-19+. The van der Waals surface area contributed by atoms with Crippen molar-refractivity contribution in [1.82, 2.24) is 20.2 Å². The molecule has 0 aliphatic carbocycles. The van der Waals surface area contributed by atoms with E-state index in [9.17, 15) is 19.5 Å². The Balaban J connectivity index is 1.82. The van der Waals surface area contributed by atoms with E-state index in [2.05, 4.69) is 20.2 Å². The van der Waals surface area contributed by atoms with Crippen molar-refractivity contribution in [3.63, 3.8) is 0 Å². The quantitative estimate of drug-likeness (QED) is 0.327. The molecule has 2 aromatic carbocycles. The maximum absolute atomic E-state index is 13.4. The van der Waals surface area contributed by atoms with Crippen LogP contribution >= 0.6 is 12.2 Å². The SMILES string of the molecule is CCN1C(=O)/C(=c2/[nH][nH]c(=O)/c2=C\c2cnc(=S)[nH]c2-c2ccccc2O)C(=O)c2ccccc21. The van der Waals surface area contributed by atoms with Crippen molar-refractivity contribution in [3.05, 3.63) is 91.5 Å². The van der Waals surface area contributed by atoms with Gasteiger partial charge in [0.1, 0.15) is 11.3 Å². The van der Waals surface area contributed by atoms with Gasteiger partial charge in [0.25, 0.3) is 11.5 Å². The number of H-pyrrole nitrogens is 3. The van der Waals surface area contributed by atoms with Gasteiger partial charge in [0, 0.05) is 29.4 Å². The summed E-state index contributed by atoms with van der Waals surface area (Å²) in [5.41, 5.74) is 1.54. The lowest BCUT2D eigenvalue weighted by Crippen LogP contribution is -2.45. The van der Waals surface area contributed by atoms with E-state index in [0.29, 0.717) is 34.6 Å². The highest BCUT2D eigenvalue weighted by Crippen LogP contribution is 2.31. The predicted octanol–water partition coefficient (Wildman–Crippen LogP) is 1.76. The van der Waals surface area contributed by atoms with E-state index in [-0.39, 0.29) is 26.7 Å². The largest absolute Gasteiger partial charge is 0.507 e. The summed E-state index contributed by atoms with van der Waals surface area (Å²) in [6.45, 7) is 2.16. The van der Waals surface area contributed by atoms with E-state index in [1.54, 1.807) is 42.5 Å². The van der Waals surface area contributed by atoms with Crippen LogP contribution in [0.25, 0.3) is 22.9 Å². The van der Waals surface area contributed by atoms with Crippen molar-refractivity contribution in [2.75, 3.05) is 11.4 Å². The number of benzene rings is 2. The number of rotatable bonds is 3. The number of phenolic OH excluding ortho intramolecular Hbond substituents is 1. The number of Topliss-reactive ketones (excluding diaryl/α,β-unsaturated/α-hetero) is 1. The summed E-state index contributed by atoms with van der Waals surface area (Å²) >= 11 is 5.16. The highest BCUT2D eigenvalue weighted by atomic mass is 32.1. The van der Waals surface area contributed by atoms with Gasteiger partial charge in [-0.1, -0.05) is 24.3 Å². The van der Waals surface area contributed by atoms with Crippen LogP contribution in [-0.2, 0) is 4.79 Å². The topological polar surface area (TPSA) is 135 Å². The van der Waals surface area contributed by atoms with Crippen LogP contribution in [0.4, 0.5) is 5.69 Å². The number of ketones is 1. The van der Waals surface area contributed by atoms with Gasteiger partial charge < -0.3 is 15.0 Å². The van der Waals surface area contributed by atoms with E-state index < -0.39 is 17.2 Å². The molecule has 174 valence electrons. The van der Waals surface area contributed by atoms with Gasteiger partial charge in [0.15, 0.2) is 4.77 Å². The van der Waals surface area contributed by atoms with Crippen LogP contribution in [0.5, 0.6) is 5.75 Å². The number of aromatic amines is 3. The normalized spacial score (nSPS) is 15.5. The number of aromatic nitrogens is 4. The number of aromatic hydroxyl groups is 1. The molecule has 3 heterocycles. The number of fused-ring (bicyclic) bond motifs is 1. The first-order valence-corrected chi connectivity index (χ1v) is 11.2. The number of nitrogens with one attached hydrogen (secondary N) is 3. The van der Waals surface area contributed by atoms with Crippen LogP contribution in [0, 0.1) is 4.77 Å². The Morgan fingerprint density at radius 3 is 2.49 bits per heavy atom. The Labute approximate surface area is 203 Å². The zero-order chi connectivity index (χ0) is 24.7. The first kappa shape index (κ1) is 22.2. The zero-order valence-electron chi connectivity index (χ0n) is 18.5. The number of para-hydroxylation sites is 2. The summed E-state index contributed by atoms with van der Waals surface area (Å²) in [6.07, 6.45) is 2.95. The Kier molecular flexibility index (Phi) is 5.50. The van der Waals surface area contributed by atoms with E-state index >= 15 is 0 Å². The molecule has 0 saturated carbocycles. The monoisotopic (exact) mass is 485 g/mol. The number of carbonyl (C=O) groups is 2. The van der Waals surface area contributed by atoms with Gasteiger partial charge in [-0.3, -0.25) is 24.6 Å². The molecular weight excluding hydrogens is 466 g/mol. The van der Waals surface area contributed by atoms with Gasteiger partial charge in [-0.05, 0) is 49.5 Å². The summed E-state index contributed by atoms with van der Waals surface area (Å²) in [4.78, 5) is 48.1. The Bertz CT molecular complexity index is 1750. The molecule has 4 N–H and O–H groups in total. The van der Waals surface area contributed by atoms with E-state index in [0.717, 1.165) is 0 Å². The molecule has 1 aliphatic rings. The molecular formula is C25H19N5O4S. The Morgan fingerprint density at radius 1 is 1.03 bits per heavy atom. The minimum Gasteiger partial charge on any atom is -0.507 e. The van der Waals surface area contributed by atoms with Crippen LogP contribution in [0.1, 0.15) is 22.8 Å². The summed E-state index contributed by atoms with van der Waals surface area (Å²) < 4.78 is 0.186. The smallest absolute Gasteiger partial charge is 0.271 e. The van der Waals surface area contributed by atoms with Crippen molar-refractivity contribution in [2.24, 2.45) is 0 Å². The molecule has 0 saturated heterocycles. The summed E-state index contributed by atoms with van der Waals surface area (Å²) in [5.74, 6) is -0.983. The minimum atomic E-state index is -0.527. The molecule has 0 bridgehead atoms. The van der Waals surface area contributed by atoms with Gasteiger partial charge in [0.05, 0.1) is 21.9 Å². The van der Waals surface area contributed by atoms with Crippen LogP contribution < -0.4 is 21.0 Å². The second kappa shape index (κ2) is 8.65. The molecule has 0 fully saturated rings. The number of anilines is 1. The highest BCUT2D eigenvalue weighted by molar-refractivity contribution is 7.71. The van der Waals surface area contributed by atoms with Crippen LogP contribution in [0.2, 0.25) is 0 Å². The number of phenols is 1. The predicted molar refractivity (Wildman–Crippen MR) is 133 cm³/mol. The fourth-order valence-corrected chi connectivity index (χ4v) is 4.35. The third kappa shape index (κ3) is 3.69. The molecule has 1 aliphatic heterocycles. The van der Waals surface area contributed by atoms with E-state index in [4.69, 9.17) is 12.2 Å². The van der Waals surface area contributed by atoms with Crippen LogP contribution in [0.15, 0.2) is 59.5 Å². The fraction of sp³-hybridized carbons (Fsp3) is 0.0800. The third-order valence-electron chi connectivity index (χ3n) is 5.82. The summed E-state index contributed by atoms with van der Waals surface area (Å²) in [7, 11) is 0. The number of carbonyl (C=O) groups excluding carboxylic acids is 2. The minimum absolute atomic E-state index is 0.00408. The molecule has 10 heteroatoms. The molecule has 1 amide bonds. The molecule has 0 radical (unpaired) electrons. The van der Waals surface area contributed by atoms with Gasteiger partial charge in [-0.2, -0.15) is 0 Å². The second-order valence-electron chi connectivity index (χ2n) is 7.82. The maximum Gasteiger partial charge on any atom is 0.271 e. The molecule has 0 atom stereocenters. The van der Waals surface area contributed by atoms with Crippen molar-refractivity contribution < 1.29 is 14.7 Å². The summed E-state index contributed by atoms with van der Waals surface area (Å²) in [5, 5.41) is 15.7. The number of hydrogen-bond acceptors (Lipinski definition) is 6.